The Morgan fingerprint density at radius 1 is 1.35 bits per heavy atom. The number of aromatic nitrogens is 1. The number of nitrogens with zero attached hydrogens (tertiary/aromatic N) is 1. The normalized spacial score (nSPS) is 10.4. The highest BCUT2D eigenvalue weighted by atomic mass is 16.4. The first-order valence-electron chi connectivity index (χ1n) is 5.04. The number of aryl methyl sites for hydroxylation is 1. The third-order valence-corrected chi connectivity index (χ3v) is 2.27. The minimum absolute atomic E-state index is 0.164. The molecular weight excluding hydrogens is 222 g/mol. The molecule has 0 saturated heterocycles. The van der Waals surface area contributed by atoms with Crippen LogP contribution >= 0.6 is 0 Å². The minimum atomic E-state index is -0.983. The van der Waals surface area contributed by atoms with E-state index in [1.54, 1.807) is 19.1 Å². The quantitative estimate of drug-likeness (QED) is 0.846. The van der Waals surface area contributed by atoms with E-state index in [9.17, 15) is 9.90 Å². The van der Waals surface area contributed by atoms with Crippen molar-refractivity contribution in [3.05, 3.63) is 35.9 Å². The van der Waals surface area contributed by atoms with Gasteiger partial charge >= 0.3 is 5.97 Å². The molecule has 0 unspecified atom stereocenters. The van der Waals surface area contributed by atoms with Gasteiger partial charge in [0.05, 0.1) is 5.69 Å². The molecule has 5 heteroatoms. The van der Waals surface area contributed by atoms with Gasteiger partial charge in [0, 0.05) is 5.56 Å². The van der Waals surface area contributed by atoms with Gasteiger partial charge in [-0.05, 0) is 31.2 Å². The molecule has 0 radical (unpaired) electrons. The standard InChI is InChI=1S/C12H11NO4/c1-7-12(8-2-4-9(14)5-3-8)17-10(13-7)6-11(15)16/h2-5,14H,6H2,1H3,(H,15,16). The van der Waals surface area contributed by atoms with Crippen LogP contribution in [0.1, 0.15) is 11.6 Å². The van der Waals surface area contributed by atoms with Crippen molar-refractivity contribution in [2.45, 2.75) is 13.3 Å². The molecule has 0 atom stereocenters. The summed E-state index contributed by atoms with van der Waals surface area (Å²) in [4.78, 5) is 14.6. The fourth-order valence-corrected chi connectivity index (χ4v) is 1.54. The van der Waals surface area contributed by atoms with Crippen LogP contribution in [0.25, 0.3) is 11.3 Å². The molecule has 0 saturated carbocycles. The third-order valence-electron chi connectivity index (χ3n) is 2.27. The van der Waals surface area contributed by atoms with E-state index in [1.807, 2.05) is 0 Å². The number of hydrogen-bond donors (Lipinski definition) is 2. The fraction of sp³-hybridized carbons (Fsp3) is 0.167. The molecule has 17 heavy (non-hydrogen) atoms. The zero-order valence-electron chi connectivity index (χ0n) is 9.17. The third kappa shape index (κ3) is 2.44. The van der Waals surface area contributed by atoms with Crippen molar-refractivity contribution in [3.63, 3.8) is 0 Å². The zero-order chi connectivity index (χ0) is 12.4. The number of aliphatic carboxylic acids is 1. The SMILES string of the molecule is Cc1nc(CC(=O)O)oc1-c1ccc(O)cc1. The van der Waals surface area contributed by atoms with Crippen LogP contribution in [0.5, 0.6) is 5.75 Å². The van der Waals surface area contributed by atoms with Gasteiger partial charge in [-0.15, -0.1) is 0 Å². The lowest BCUT2D eigenvalue weighted by molar-refractivity contribution is -0.136. The van der Waals surface area contributed by atoms with Gasteiger partial charge in [-0.25, -0.2) is 4.98 Å². The maximum Gasteiger partial charge on any atom is 0.312 e. The number of carboxylic acid groups (broad SMARTS) is 1. The summed E-state index contributed by atoms with van der Waals surface area (Å²) < 4.78 is 5.38. The molecule has 1 aromatic heterocycles. The van der Waals surface area contributed by atoms with Crippen LogP contribution in [0.15, 0.2) is 28.7 Å². The van der Waals surface area contributed by atoms with Crippen molar-refractivity contribution < 1.29 is 19.4 Å². The van der Waals surface area contributed by atoms with E-state index < -0.39 is 5.97 Å². The van der Waals surface area contributed by atoms with Gasteiger partial charge < -0.3 is 14.6 Å². The van der Waals surface area contributed by atoms with Crippen molar-refractivity contribution >= 4 is 5.97 Å². The van der Waals surface area contributed by atoms with E-state index in [1.165, 1.54) is 12.1 Å². The highest BCUT2D eigenvalue weighted by molar-refractivity contribution is 5.69. The predicted molar refractivity (Wildman–Crippen MR) is 59.7 cm³/mol. The molecule has 0 aliphatic carbocycles. The maximum atomic E-state index is 10.5. The van der Waals surface area contributed by atoms with Gasteiger partial charge in [0.15, 0.2) is 5.76 Å². The average Bonchev–Trinajstić information content (AvgIpc) is 2.59. The number of carboxylic acids is 1. The number of hydrogen-bond acceptors (Lipinski definition) is 4. The lowest BCUT2D eigenvalue weighted by Gasteiger charge is -1.97. The Bertz CT molecular complexity index is 542. The Hall–Kier alpha value is -2.30. The maximum absolute atomic E-state index is 10.5. The van der Waals surface area contributed by atoms with Crippen LogP contribution in [-0.4, -0.2) is 21.2 Å². The molecule has 0 aliphatic rings. The second kappa shape index (κ2) is 4.29. The Kier molecular flexibility index (Phi) is 2.82. The van der Waals surface area contributed by atoms with Crippen LogP contribution in [0.3, 0.4) is 0 Å². The van der Waals surface area contributed by atoms with E-state index in [0.717, 1.165) is 5.56 Å². The van der Waals surface area contributed by atoms with Gasteiger partial charge in [0.1, 0.15) is 12.2 Å². The summed E-state index contributed by atoms with van der Waals surface area (Å²) in [5, 5.41) is 17.8. The van der Waals surface area contributed by atoms with Crippen LogP contribution < -0.4 is 0 Å². The van der Waals surface area contributed by atoms with Gasteiger partial charge in [0.25, 0.3) is 0 Å². The fourth-order valence-electron chi connectivity index (χ4n) is 1.54. The molecule has 0 spiro atoms. The molecule has 2 N–H and O–H groups in total. The minimum Gasteiger partial charge on any atom is -0.508 e. The first-order chi connectivity index (χ1) is 8.06. The second-order valence-electron chi connectivity index (χ2n) is 3.64. The van der Waals surface area contributed by atoms with Crippen LogP contribution in [-0.2, 0) is 11.2 Å². The van der Waals surface area contributed by atoms with Crippen LogP contribution in [0, 0.1) is 6.92 Å². The van der Waals surface area contributed by atoms with Gasteiger partial charge in [-0.1, -0.05) is 0 Å². The number of rotatable bonds is 3. The van der Waals surface area contributed by atoms with E-state index >= 15 is 0 Å². The zero-order valence-corrected chi connectivity index (χ0v) is 9.17. The average molecular weight is 233 g/mol. The lowest BCUT2D eigenvalue weighted by atomic mass is 10.1. The van der Waals surface area contributed by atoms with Crippen molar-refractivity contribution in [1.29, 1.82) is 0 Å². The summed E-state index contributed by atoms with van der Waals surface area (Å²) in [6.45, 7) is 1.75. The highest BCUT2D eigenvalue weighted by Gasteiger charge is 2.13. The van der Waals surface area contributed by atoms with E-state index in [0.29, 0.717) is 11.5 Å². The Labute approximate surface area is 97.3 Å². The number of benzene rings is 1. The number of phenols is 1. The number of oxazole rings is 1. The molecule has 1 heterocycles. The smallest absolute Gasteiger partial charge is 0.312 e. The molecule has 1 aromatic carbocycles. The predicted octanol–water partition coefficient (Wildman–Crippen LogP) is 1.98. The summed E-state index contributed by atoms with van der Waals surface area (Å²) >= 11 is 0. The summed E-state index contributed by atoms with van der Waals surface area (Å²) in [6.07, 6.45) is -0.237. The number of phenolic OH excluding ortho intramolecular Hbond substituents is 1. The second-order valence-corrected chi connectivity index (χ2v) is 3.64. The molecule has 0 bridgehead atoms. The van der Waals surface area contributed by atoms with Crippen molar-refractivity contribution in [2.24, 2.45) is 0 Å². The number of aromatic hydroxyl groups is 1. The molecule has 2 rings (SSSR count). The van der Waals surface area contributed by atoms with Crippen molar-refractivity contribution in [1.82, 2.24) is 4.98 Å². The van der Waals surface area contributed by atoms with Crippen LogP contribution in [0.2, 0.25) is 0 Å². The van der Waals surface area contributed by atoms with Crippen molar-refractivity contribution in [3.8, 4) is 17.1 Å². The number of carbonyl (C=O) groups is 1. The first kappa shape index (κ1) is 11.2. The first-order valence-corrected chi connectivity index (χ1v) is 5.04. The summed E-state index contributed by atoms with van der Waals surface area (Å²) in [5.41, 5.74) is 1.39. The van der Waals surface area contributed by atoms with Gasteiger partial charge in [-0.2, -0.15) is 0 Å². The van der Waals surface area contributed by atoms with E-state index in [4.69, 9.17) is 9.52 Å². The van der Waals surface area contributed by atoms with Gasteiger partial charge in [-0.3, -0.25) is 4.79 Å². The monoisotopic (exact) mass is 233 g/mol. The van der Waals surface area contributed by atoms with E-state index in [-0.39, 0.29) is 18.1 Å². The molecule has 0 fully saturated rings. The topological polar surface area (TPSA) is 83.6 Å². The van der Waals surface area contributed by atoms with Crippen molar-refractivity contribution in [2.75, 3.05) is 0 Å². The molecular formula is C12H11NO4. The Morgan fingerprint density at radius 3 is 2.59 bits per heavy atom. The van der Waals surface area contributed by atoms with Crippen LogP contribution in [0.4, 0.5) is 0 Å². The lowest BCUT2D eigenvalue weighted by Crippen LogP contribution is -1.99. The Morgan fingerprint density at radius 2 is 2.00 bits per heavy atom. The Balaban J connectivity index is 2.35. The summed E-state index contributed by atoms with van der Waals surface area (Å²) in [5.74, 6) is -0.112. The summed E-state index contributed by atoms with van der Waals surface area (Å²) in [7, 11) is 0. The summed E-state index contributed by atoms with van der Waals surface area (Å²) in [6, 6.07) is 6.45. The molecule has 5 nitrogen and oxygen atoms in total. The van der Waals surface area contributed by atoms with Gasteiger partial charge in [0.2, 0.25) is 5.89 Å². The molecule has 0 aliphatic heterocycles. The molecule has 0 amide bonds. The van der Waals surface area contributed by atoms with E-state index in [2.05, 4.69) is 4.98 Å². The highest BCUT2D eigenvalue weighted by Crippen LogP contribution is 2.26. The largest absolute Gasteiger partial charge is 0.508 e. The molecule has 2 aromatic rings. The molecule has 88 valence electrons.